The molecule has 112 valence electrons. The molecule has 0 aliphatic carbocycles. The van der Waals surface area contributed by atoms with Gasteiger partial charge in [-0.3, -0.25) is 4.98 Å². The van der Waals surface area contributed by atoms with E-state index in [1.807, 2.05) is 0 Å². The van der Waals surface area contributed by atoms with Crippen molar-refractivity contribution in [3.05, 3.63) is 35.5 Å². The lowest BCUT2D eigenvalue weighted by molar-refractivity contribution is 0.810. The van der Waals surface area contributed by atoms with Gasteiger partial charge in [0.15, 0.2) is 0 Å². The third-order valence-electron chi connectivity index (χ3n) is 4.53. The van der Waals surface area contributed by atoms with Gasteiger partial charge in [0, 0.05) is 24.2 Å². The van der Waals surface area contributed by atoms with Gasteiger partial charge in [-0.25, -0.2) is 0 Å². The summed E-state index contributed by atoms with van der Waals surface area (Å²) >= 11 is 0. The van der Waals surface area contributed by atoms with Gasteiger partial charge in [-0.2, -0.15) is 0 Å². The maximum atomic E-state index is 5.02. The predicted molar refractivity (Wildman–Crippen MR) is 91.4 cm³/mol. The molecule has 0 N–H and O–H groups in total. The Morgan fingerprint density at radius 2 is 1.71 bits per heavy atom. The van der Waals surface area contributed by atoms with Crippen LogP contribution in [0.15, 0.2) is 24.3 Å². The van der Waals surface area contributed by atoms with Gasteiger partial charge in [-0.1, -0.05) is 39.8 Å². The van der Waals surface area contributed by atoms with Gasteiger partial charge in [0.25, 0.3) is 0 Å². The Hall–Kier alpha value is -1.57. The van der Waals surface area contributed by atoms with Gasteiger partial charge in [-0.05, 0) is 42.4 Å². The van der Waals surface area contributed by atoms with Crippen molar-refractivity contribution >= 4 is 16.6 Å². The molecule has 0 radical (unpaired) electrons. The zero-order chi connectivity index (χ0) is 15.0. The number of aromatic nitrogens is 1. The van der Waals surface area contributed by atoms with E-state index in [1.165, 1.54) is 53.8 Å². The van der Waals surface area contributed by atoms with Crippen LogP contribution in [0.5, 0.6) is 0 Å². The summed E-state index contributed by atoms with van der Waals surface area (Å²) in [7, 11) is 0. The summed E-state index contributed by atoms with van der Waals surface area (Å²) in [6.45, 7) is 11.4. The van der Waals surface area contributed by atoms with E-state index in [-0.39, 0.29) is 0 Å². The Morgan fingerprint density at radius 3 is 2.33 bits per heavy atom. The molecule has 0 spiro atoms. The molecule has 21 heavy (non-hydrogen) atoms. The third-order valence-corrected chi connectivity index (χ3v) is 4.53. The zero-order valence-electron chi connectivity index (χ0n) is 13.7. The van der Waals surface area contributed by atoms with Crippen LogP contribution in [0.4, 0.5) is 5.69 Å². The van der Waals surface area contributed by atoms with Gasteiger partial charge in [0.05, 0.1) is 11.2 Å². The van der Waals surface area contributed by atoms with Crippen LogP contribution in [0, 0.1) is 0 Å². The van der Waals surface area contributed by atoms with Crippen molar-refractivity contribution in [2.75, 3.05) is 18.0 Å². The second-order valence-corrected chi connectivity index (χ2v) is 6.81. The minimum Gasteiger partial charge on any atom is -0.370 e. The fourth-order valence-corrected chi connectivity index (χ4v) is 3.27. The maximum absolute atomic E-state index is 5.02. The molecule has 3 rings (SSSR count). The van der Waals surface area contributed by atoms with Crippen LogP contribution in [0.3, 0.4) is 0 Å². The smallest absolute Gasteiger partial charge is 0.0941 e. The predicted octanol–water partition coefficient (Wildman–Crippen LogP) is 5.08. The van der Waals surface area contributed by atoms with E-state index < -0.39 is 0 Å². The highest BCUT2D eigenvalue weighted by Crippen LogP contribution is 2.34. The summed E-state index contributed by atoms with van der Waals surface area (Å²) in [5.74, 6) is 1.00. The number of hydrogen-bond acceptors (Lipinski definition) is 2. The van der Waals surface area contributed by atoms with Crippen molar-refractivity contribution in [2.45, 2.75) is 52.4 Å². The summed E-state index contributed by atoms with van der Waals surface area (Å²) in [6.07, 6.45) is 2.61. The molecule has 1 saturated heterocycles. The number of fused-ring (bicyclic) bond motifs is 1. The van der Waals surface area contributed by atoms with Crippen molar-refractivity contribution in [3.63, 3.8) is 0 Å². The van der Waals surface area contributed by atoms with Crippen LogP contribution in [-0.2, 0) is 0 Å². The quantitative estimate of drug-likeness (QED) is 0.780. The first-order valence-corrected chi connectivity index (χ1v) is 8.26. The molecule has 0 bridgehead atoms. The van der Waals surface area contributed by atoms with Gasteiger partial charge >= 0.3 is 0 Å². The SMILES string of the molecule is CC(C)c1cc(C(C)C)c2cccc(N3CCCC3)c2n1. The number of para-hydroxylation sites is 1. The molecular weight excluding hydrogens is 256 g/mol. The number of pyridine rings is 1. The minimum absolute atomic E-state index is 0.471. The van der Waals surface area contributed by atoms with Gasteiger partial charge < -0.3 is 4.90 Å². The largest absolute Gasteiger partial charge is 0.370 e. The second-order valence-electron chi connectivity index (χ2n) is 6.81. The van der Waals surface area contributed by atoms with E-state index in [9.17, 15) is 0 Å². The Kier molecular flexibility index (Phi) is 3.88. The summed E-state index contributed by atoms with van der Waals surface area (Å²) in [6, 6.07) is 8.99. The number of nitrogens with zero attached hydrogens (tertiary/aromatic N) is 2. The lowest BCUT2D eigenvalue weighted by Crippen LogP contribution is -2.18. The molecule has 0 unspecified atom stereocenters. The molecule has 0 amide bonds. The van der Waals surface area contributed by atoms with Crippen molar-refractivity contribution in [1.82, 2.24) is 4.98 Å². The number of hydrogen-bond donors (Lipinski definition) is 0. The number of benzene rings is 1. The number of anilines is 1. The van der Waals surface area contributed by atoms with Crippen LogP contribution < -0.4 is 4.90 Å². The lowest BCUT2D eigenvalue weighted by Gasteiger charge is -2.22. The summed E-state index contributed by atoms with van der Waals surface area (Å²) < 4.78 is 0. The van der Waals surface area contributed by atoms with Gasteiger partial charge in [-0.15, -0.1) is 0 Å². The highest BCUT2D eigenvalue weighted by molar-refractivity contribution is 5.93. The molecule has 1 aliphatic rings. The summed E-state index contributed by atoms with van der Waals surface area (Å²) in [5.41, 5.74) is 5.19. The second kappa shape index (κ2) is 5.67. The molecular formula is C19H26N2. The lowest BCUT2D eigenvalue weighted by atomic mass is 9.95. The molecule has 2 nitrogen and oxygen atoms in total. The van der Waals surface area contributed by atoms with Crippen molar-refractivity contribution in [2.24, 2.45) is 0 Å². The first-order chi connectivity index (χ1) is 10.1. The Morgan fingerprint density at radius 1 is 1.00 bits per heavy atom. The van der Waals surface area contributed by atoms with Crippen molar-refractivity contribution in [1.29, 1.82) is 0 Å². The molecule has 0 atom stereocenters. The van der Waals surface area contributed by atoms with Crippen LogP contribution in [0.1, 0.15) is 63.6 Å². The average Bonchev–Trinajstić information content (AvgIpc) is 2.99. The fraction of sp³-hybridized carbons (Fsp3) is 0.526. The van der Waals surface area contributed by atoms with Crippen LogP contribution in [-0.4, -0.2) is 18.1 Å². The fourth-order valence-electron chi connectivity index (χ4n) is 3.27. The molecule has 1 fully saturated rings. The van der Waals surface area contributed by atoms with Crippen molar-refractivity contribution in [3.8, 4) is 0 Å². The maximum Gasteiger partial charge on any atom is 0.0941 e. The van der Waals surface area contributed by atoms with Gasteiger partial charge in [0.2, 0.25) is 0 Å². The Labute approximate surface area is 128 Å². The Balaban J connectivity index is 2.25. The molecule has 2 heterocycles. The first kappa shape index (κ1) is 14.4. The standard InChI is InChI=1S/C19H26N2/c1-13(2)16-12-17(14(3)4)20-19-15(16)8-7-9-18(19)21-10-5-6-11-21/h7-9,12-14H,5-6,10-11H2,1-4H3. The molecule has 2 aromatic rings. The average molecular weight is 282 g/mol. The monoisotopic (exact) mass is 282 g/mol. The van der Waals surface area contributed by atoms with Crippen LogP contribution >= 0.6 is 0 Å². The van der Waals surface area contributed by atoms with Crippen LogP contribution in [0.2, 0.25) is 0 Å². The minimum atomic E-state index is 0.471. The molecule has 0 saturated carbocycles. The molecule has 1 aromatic carbocycles. The highest BCUT2D eigenvalue weighted by Gasteiger charge is 2.18. The topological polar surface area (TPSA) is 16.1 Å². The van der Waals surface area contributed by atoms with E-state index in [2.05, 4.69) is 56.9 Å². The zero-order valence-corrected chi connectivity index (χ0v) is 13.7. The third kappa shape index (κ3) is 2.64. The number of rotatable bonds is 3. The van der Waals surface area contributed by atoms with E-state index in [4.69, 9.17) is 4.98 Å². The first-order valence-electron chi connectivity index (χ1n) is 8.26. The van der Waals surface area contributed by atoms with Gasteiger partial charge in [0.1, 0.15) is 0 Å². The Bertz CT molecular complexity index is 637. The van der Waals surface area contributed by atoms with E-state index in [0.29, 0.717) is 11.8 Å². The molecule has 1 aliphatic heterocycles. The van der Waals surface area contributed by atoms with E-state index in [1.54, 1.807) is 0 Å². The highest BCUT2D eigenvalue weighted by atomic mass is 15.1. The normalized spacial score (nSPS) is 15.6. The molecule has 2 heteroatoms. The van der Waals surface area contributed by atoms with E-state index >= 15 is 0 Å². The van der Waals surface area contributed by atoms with Crippen molar-refractivity contribution < 1.29 is 0 Å². The summed E-state index contributed by atoms with van der Waals surface area (Å²) in [4.78, 5) is 7.52. The van der Waals surface area contributed by atoms with E-state index in [0.717, 1.165) is 0 Å². The summed E-state index contributed by atoms with van der Waals surface area (Å²) in [5, 5.41) is 1.33. The molecule has 1 aromatic heterocycles. The van der Waals surface area contributed by atoms with Crippen LogP contribution in [0.25, 0.3) is 10.9 Å².